The first-order chi connectivity index (χ1) is 20.6. The van der Waals surface area contributed by atoms with E-state index < -0.39 is 8.07 Å². The zero-order valence-corrected chi connectivity index (χ0v) is 24.7. The van der Waals surface area contributed by atoms with Gasteiger partial charge in [0.05, 0.1) is 0 Å². The van der Waals surface area contributed by atoms with E-state index in [0.717, 1.165) is 0 Å². The average Bonchev–Trinajstić information content (AvgIpc) is 3.05. The van der Waals surface area contributed by atoms with Gasteiger partial charge in [-0.2, -0.15) is 0 Å². The Balaban J connectivity index is 1.47. The summed E-state index contributed by atoms with van der Waals surface area (Å²) < 4.78 is 0. The summed E-state index contributed by atoms with van der Waals surface area (Å²) in [5.41, 5.74) is 3.83. The standard InChI is InChI=1S/C40H29NSi/c1-42(2)37-21-11-9-19-35(37)41(36-20-10-12-22-38(36)42)26-23-24-30-29-15-5-7-17-32(29)39-31-16-6-3-13-27(31)28-14-4-8-18-33(28)40(39)34(30)25-26/h3-25H,1-2H3. The molecule has 1 heterocycles. The van der Waals surface area contributed by atoms with E-state index in [-0.39, 0.29) is 0 Å². The number of nitrogens with zero attached hydrogens (tertiary/aromatic N) is 1. The minimum absolute atomic E-state index is 1.21. The Labute approximate surface area is 246 Å². The maximum absolute atomic E-state index is 2.51. The molecule has 0 fully saturated rings. The summed E-state index contributed by atoms with van der Waals surface area (Å²) in [5, 5.41) is 16.1. The molecule has 1 aliphatic heterocycles. The monoisotopic (exact) mass is 551 g/mol. The molecule has 8 aromatic rings. The highest BCUT2D eigenvalue weighted by Crippen LogP contribution is 2.46. The Kier molecular flexibility index (Phi) is 4.83. The molecule has 0 spiro atoms. The Morgan fingerprint density at radius 1 is 0.381 bits per heavy atom. The highest BCUT2D eigenvalue weighted by atomic mass is 28.3. The number of rotatable bonds is 1. The number of anilines is 3. The maximum atomic E-state index is 2.51. The zero-order valence-electron chi connectivity index (χ0n) is 23.7. The Morgan fingerprint density at radius 2 is 0.762 bits per heavy atom. The summed E-state index contributed by atoms with van der Waals surface area (Å²) in [6.07, 6.45) is 0. The Morgan fingerprint density at radius 3 is 1.26 bits per heavy atom. The number of para-hydroxylation sites is 2. The van der Waals surface area contributed by atoms with Crippen LogP contribution in [0.1, 0.15) is 0 Å². The third-order valence-electron chi connectivity index (χ3n) is 9.59. The van der Waals surface area contributed by atoms with Crippen LogP contribution in [0.3, 0.4) is 0 Å². The smallest absolute Gasteiger partial charge is 0.117 e. The molecule has 0 saturated carbocycles. The third-order valence-corrected chi connectivity index (χ3v) is 13.1. The van der Waals surface area contributed by atoms with Gasteiger partial charge in [0.15, 0.2) is 0 Å². The van der Waals surface area contributed by atoms with Crippen molar-refractivity contribution in [1.82, 2.24) is 0 Å². The van der Waals surface area contributed by atoms with Crippen molar-refractivity contribution in [2.75, 3.05) is 4.90 Å². The third kappa shape index (κ3) is 3.08. The molecule has 8 aromatic carbocycles. The molecule has 0 aliphatic carbocycles. The van der Waals surface area contributed by atoms with Crippen molar-refractivity contribution in [1.29, 1.82) is 0 Å². The molecule has 0 unspecified atom stereocenters. The summed E-state index contributed by atoms with van der Waals surface area (Å²) in [6, 6.07) is 52.1. The highest BCUT2D eigenvalue weighted by Gasteiger charge is 2.38. The summed E-state index contributed by atoms with van der Waals surface area (Å²) in [6.45, 7) is 4.97. The second kappa shape index (κ2) is 8.54. The number of hydrogen-bond donors (Lipinski definition) is 0. The SMILES string of the molecule is C[Si]1(C)c2ccccc2N(c2ccc3c4ccccc4c4c5ccccc5c5ccccc5c4c3c2)c2ccccc21. The lowest BCUT2D eigenvalue weighted by Gasteiger charge is -2.41. The van der Waals surface area contributed by atoms with Gasteiger partial charge in [0.2, 0.25) is 0 Å². The van der Waals surface area contributed by atoms with Gasteiger partial charge in [0.1, 0.15) is 8.07 Å². The van der Waals surface area contributed by atoms with Gasteiger partial charge in [-0.25, -0.2) is 0 Å². The van der Waals surface area contributed by atoms with Gasteiger partial charge in [0, 0.05) is 17.1 Å². The summed E-state index contributed by atoms with van der Waals surface area (Å²) >= 11 is 0. The van der Waals surface area contributed by atoms with Gasteiger partial charge in [-0.15, -0.1) is 0 Å². The molecule has 0 N–H and O–H groups in total. The van der Waals surface area contributed by atoms with Gasteiger partial charge >= 0.3 is 0 Å². The normalized spacial score (nSPS) is 14.1. The van der Waals surface area contributed by atoms with Gasteiger partial charge in [0.25, 0.3) is 0 Å². The Hall–Kier alpha value is -4.92. The van der Waals surface area contributed by atoms with E-state index in [4.69, 9.17) is 0 Å². The van der Waals surface area contributed by atoms with E-state index in [1.165, 1.54) is 81.3 Å². The molecule has 198 valence electrons. The lowest BCUT2D eigenvalue weighted by Crippen LogP contribution is -2.58. The maximum Gasteiger partial charge on any atom is 0.117 e. The van der Waals surface area contributed by atoms with Crippen molar-refractivity contribution >= 4 is 89.4 Å². The molecule has 0 amide bonds. The summed E-state index contributed by atoms with van der Waals surface area (Å²) in [4.78, 5) is 2.51. The van der Waals surface area contributed by atoms with Crippen LogP contribution in [0.25, 0.3) is 53.9 Å². The summed E-state index contributed by atoms with van der Waals surface area (Å²) in [7, 11) is -1.85. The van der Waals surface area contributed by atoms with Crippen LogP contribution in [0.2, 0.25) is 13.1 Å². The van der Waals surface area contributed by atoms with Gasteiger partial charge in [-0.1, -0.05) is 128 Å². The lowest BCUT2D eigenvalue weighted by molar-refractivity contribution is 1.29. The molecule has 0 aromatic heterocycles. The molecule has 9 rings (SSSR count). The first-order valence-electron chi connectivity index (χ1n) is 14.8. The molecule has 0 radical (unpaired) electrons. The zero-order chi connectivity index (χ0) is 28.0. The molecule has 0 atom stereocenters. The van der Waals surface area contributed by atoms with E-state index in [9.17, 15) is 0 Å². The molecular formula is C40H29NSi. The minimum Gasteiger partial charge on any atom is -0.311 e. The van der Waals surface area contributed by atoms with Crippen LogP contribution in [-0.2, 0) is 0 Å². The van der Waals surface area contributed by atoms with Gasteiger partial charge in [-0.05, 0) is 88.5 Å². The minimum atomic E-state index is -1.85. The van der Waals surface area contributed by atoms with Crippen molar-refractivity contribution in [3.8, 4) is 0 Å². The van der Waals surface area contributed by atoms with Crippen LogP contribution >= 0.6 is 0 Å². The summed E-state index contributed by atoms with van der Waals surface area (Å²) in [5.74, 6) is 0. The van der Waals surface area contributed by atoms with Crippen LogP contribution in [0, 0.1) is 0 Å². The topological polar surface area (TPSA) is 3.24 Å². The van der Waals surface area contributed by atoms with E-state index in [0.29, 0.717) is 0 Å². The van der Waals surface area contributed by atoms with Crippen LogP contribution < -0.4 is 15.3 Å². The first-order valence-corrected chi connectivity index (χ1v) is 17.8. The number of fused-ring (bicyclic) bond motifs is 13. The number of hydrogen-bond acceptors (Lipinski definition) is 1. The van der Waals surface area contributed by atoms with E-state index >= 15 is 0 Å². The van der Waals surface area contributed by atoms with Crippen molar-refractivity contribution < 1.29 is 0 Å². The van der Waals surface area contributed by atoms with Crippen LogP contribution in [0.4, 0.5) is 17.1 Å². The van der Waals surface area contributed by atoms with E-state index in [1.807, 2.05) is 0 Å². The van der Waals surface area contributed by atoms with Crippen LogP contribution in [0.5, 0.6) is 0 Å². The van der Waals surface area contributed by atoms with Crippen molar-refractivity contribution in [3.05, 3.63) is 140 Å². The lowest BCUT2D eigenvalue weighted by atomic mass is 9.87. The predicted molar refractivity (Wildman–Crippen MR) is 185 cm³/mol. The molecular weight excluding hydrogens is 523 g/mol. The fourth-order valence-corrected chi connectivity index (χ4v) is 10.7. The average molecular weight is 552 g/mol. The van der Waals surface area contributed by atoms with Crippen molar-refractivity contribution in [3.63, 3.8) is 0 Å². The van der Waals surface area contributed by atoms with E-state index in [1.54, 1.807) is 0 Å². The molecule has 0 saturated heterocycles. The molecule has 2 heteroatoms. The molecule has 0 bridgehead atoms. The second-order valence-electron chi connectivity index (χ2n) is 12.1. The largest absolute Gasteiger partial charge is 0.311 e. The van der Waals surface area contributed by atoms with Crippen molar-refractivity contribution in [2.24, 2.45) is 0 Å². The molecule has 1 aliphatic rings. The fourth-order valence-electron chi connectivity index (χ4n) is 7.70. The quantitative estimate of drug-likeness (QED) is 0.145. The second-order valence-corrected chi connectivity index (χ2v) is 16.4. The van der Waals surface area contributed by atoms with Crippen LogP contribution in [-0.4, -0.2) is 8.07 Å². The molecule has 42 heavy (non-hydrogen) atoms. The fraction of sp³-hybridized carbons (Fsp3) is 0.0500. The Bertz CT molecular complexity index is 2340. The van der Waals surface area contributed by atoms with E-state index in [2.05, 4.69) is 158 Å². The van der Waals surface area contributed by atoms with Gasteiger partial charge < -0.3 is 4.90 Å². The van der Waals surface area contributed by atoms with Crippen LogP contribution in [0.15, 0.2) is 140 Å². The predicted octanol–water partition coefficient (Wildman–Crippen LogP) is 10.1. The first kappa shape index (κ1) is 23.7. The number of benzene rings is 8. The van der Waals surface area contributed by atoms with Crippen molar-refractivity contribution in [2.45, 2.75) is 13.1 Å². The highest BCUT2D eigenvalue weighted by molar-refractivity contribution is 7.02. The van der Waals surface area contributed by atoms with Gasteiger partial charge in [-0.3, -0.25) is 0 Å². The molecule has 1 nitrogen and oxygen atoms in total.